The Balaban J connectivity index is 1.86. The van der Waals surface area contributed by atoms with Gasteiger partial charge in [0.05, 0.1) is 25.4 Å². The van der Waals surface area contributed by atoms with Crippen LogP contribution < -0.4 is 4.74 Å². The number of unbranched alkanes of at least 4 members (excludes halogenated alkanes) is 1. The fourth-order valence-corrected chi connectivity index (χ4v) is 4.09. The SMILES string of the molecule is CCCCOc1ccc([C@@](O)(CC)[C@H](CN2CCOCC2)c2ccccc2)cc1. The van der Waals surface area contributed by atoms with E-state index in [-0.39, 0.29) is 5.92 Å². The first-order chi connectivity index (χ1) is 14.2. The number of hydrogen-bond donors (Lipinski definition) is 1. The highest BCUT2D eigenvalue weighted by atomic mass is 16.5. The van der Waals surface area contributed by atoms with Gasteiger partial charge in [0.1, 0.15) is 5.75 Å². The molecule has 3 rings (SSSR count). The van der Waals surface area contributed by atoms with Crippen molar-refractivity contribution in [1.29, 1.82) is 0 Å². The zero-order valence-corrected chi connectivity index (χ0v) is 17.8. The Morgan fingerprint density at radius 3 is 2.34 bits per heavy atom. The van der Waals surface area contributed by atoms with Gasteiger partial charge in [0.2, 0.25) is 0 Å². The van der Waals surface area contributed by atoms with E-state index in [2.05, 4.69) is 43.0 Å². The molecule has 1 heterocycles. The maximum Gasteiger partial charge on any atom is 0.119 e. The van der Waals surface area contributed by atoms with Crippen molar-refractivity contribution < 1.29 is 14.6 Å². The van der Waals surface area contributed by atoms with Gasteiger partial charge in [-0.1, -0.05) is 62.7 Å². The van der Waals surface area contributed by atoms with Gasteiger partial charge in [0.25, 0.3) is 0 Å². The topological polar surface area (TPSA) is 41.9 Å². The van der Waals surface area contributed by atoms with Crippen LogP contribution in [0.15, 0.2) is 54.6 Å². The average Bonchev–Trinajstić information content (AvgIpc) is 2.79. The Hall–Kier alpha value is -1.88. The summed E-state index contributed by atoms with van der Waals surface area (Å²) in [5, 5.41) is 11.9. The van der Waals surface area contributed by atoms with Crippen LogP contribution in [0.3, 0.4) is 0 Å². The molecule has 4 heteroatoms. The van der Waals surface area contributed by atoms with E-state index in [0.29, 0.717) is 6.42 Å². The molecule has 2 aromatic carbocycles. The third kappa shape index (κ3) is 5.59. The van der Waals surface area contributed by atoms with Crippen LogP contribution in [-0.4, -0.2) is 49.5 Å². The number of benzene rings is 2. The summed E-state index contributed by atoms with van der Waals surface area (Å²) >= 11 is 0. The van der Waals surface area contributed by atoms with E-state index < -0.39 is 5.60 Å². The van der Waals surface area contributed by atoms with Crippen molar-refractivity contribution in [2.75, 3.05) is 39.5 Å². The van der Waals surface area contributed by atoms with Crippen LogP contribution in [-0.2, 0) is 10.3 Å². The normalized spacial score (nSPS) is 18.2. The number of rotatable bonds is 10. The monoisotopic (exact) mass is 397 g/mol. The third-order valence-corrected chi connectivity index (χ3v) is 5.98. The van der Waals surface area contributed by atoms with E-state index in [1.807, 2.05) is 30.3 Å². The summed E-state index contributed by atoms with van der Waals surface area (Å²) in [7, 11) is 0. The highest BCUT2D eigenvalue weighted by Crippen LogP contribution is 2.41. The van der Waals surface area contributed by atoms with Crippen molar-refractivity contribution in [2.24, 2.45) is 0 Å². The molecule has 0 bridgehead atoms. The summed E-state index contributed by atoms with van der Waals surface area (Å²) in [6, 6.07) is 18.4. The van der Waals surface area contributed by atoms with Gasteiger partial charge in [0.15, 0.2) is 0 Å². The van der Waals surface area contributed by atoms with Crippen LogP contribution in [0, 0.1) is 0 Å². The lowest BCUT2D eigenvalue weighted by Gasteiger charge is -2.40. The van der Waals surface area contributed by atoms with Crippen molar-refractivity contribution in [3.63, 3.8) is 0 Å². The number of aliphatic hydroxyl groups is 1. The van der Waals surface area contributed by atoms with E-state index in [9.17, 15) is 5.11 Å². The van der Waals surface area contributed by atoms with Gasteiger partial charge in [-0.15, -0.1) is 0 Å². The fourth-order valence-electron chi connectivity index (χ4n) is 4.09. The van der Waals surface area contributed by atoms with Crippen LogP contribution in [0.2, 0.25) is 0 Å². The predicted molar refractivity (Wildman–Crippen MR) is 117 cm³/mol. The van der Waals surface area contributed by atoms with Crippen molar-refractivity contribution in [3.05, 3.63) is 65.7 Å². The lowest BCUT2D eigenvalue weighted by molar-refractivity contribution is -0.0250. The van der Waals surface area contributed by atoms with Crippen LogP contribution >= 0.6 is 0 Å². The number of morpholine rings is 1. The standard InChI is InChI=1S/C25H35NO3/c1-3-5-17-29-23-13-11-22(12-14-23)25(27,4-2)24(21-9-7-6-8-10-21)20-26-15-18-28-19-16-26/h6-14,24,27H,3-5,15-20H2,1-2H3/t24-,25+/m1/s1. The second-order valence-electron chi connectivity index (χ2n) is 7.88. The summed E-state index contributed by atoms with van der Waals surface area (Å²) < 4.78 is 11.3. The quantitative estimate of drug-likeness (QED) is 0.596. The molecule has 0 aromatic heterocycles. The van der Waals surface area contributed by atoms with E-state index in [1.54, 1.807) is 0 Å². The van der Waals surface area contributed by atoms with Crippen molar-refractivity contribution in [1.82, 2.24) is 4.90 Å². The Morgan fingerprint density at radius 2 is 1.72 bits per heavy atom. The van der Waals surface area contributed by atoms with Gasteiger partial charge in [-0.25, -0.2) is 0 Å². The Kier molecular flexibility index (Phi) is 8.10. The molecule has 0 amide bonds. The van der Waals surface area contributed by atoms with Crippen molar-refractivity contribution >= 4 is 0 Å². The van der Waals surface area contributed by atoms with E-state index in [0.717, 1.165) is 63.6 Å². The van der Waals surface area contributed by atoms with Gasteiger partial charge in [0, 0.05) is 25.6 Å². The maximum atomic E-state index is 11.9. The zero-order valence-electron chi connectivity index (χ0n) is 17.8. The van der Waals surface area contributed by atoms with Crippen LogP contribution in [0.1, 0.15) is 50.2 Å². The average molecular weight is 398 g/mol. The summed E-state index contributed by atoms with van der Waals surface area (Å²) in [4.78, 5) is 2.41. The van der Waals surface area contributed by atoms with Gasteiger partial charge in [-0.05, 0) is 36.1 Å². The Bertz CT molecular complexity index is 713. The lowest BCUT2D eigenvalue weighted by atomic mass is 9.75. The molecule has 1 N–H and O–H groups in total. The minimum absolute atomic E-state index is 0.0151. The molecular weight excluding hydrogens is 362 g/mol. The van der Waals surface area contributed by atoms with Crippen LogP contribution in [0.25, 0.3) is 0 Å². The molecule has 2 aromatic rings. The molecule has 1 fully saturated rings. The molecule has 1 aliphatic rings. The number of hydrogen-bond acceptors (Lipinski definition) is 4. The zero-order chi connectivity index (χ0) is 20.5. The Morgan fingerprint density at radius 1 is 1.03 bits per heavy atom. The molecular formula is C25H35NO3. The first-order valence-corrected chi connectivity index (χ1v) is 11.0. The largest absolute Gasteiger partial charge is 0.494 e. The van der Waals surface area contributed by atoms with Gasteiger partial charge in [-0.3, -0.25) is 4.90 Å². The van der Waals surface area contributed by atoms with Crippen molar-refractivity contribution in [2.45, 2.75) is 44.6 Å². The minimum atomic E-state index is -0.943. The van der Waals surface area contributed by atoms with Gasteiger partial charge >= 0.3 is 0 Å². The minimum Gasteiger partial charge on any atom is -0.494 e. The van der Waals surface area contributed by atoms with Gasteiger partial charge in [-0.2, -0.15) is 0 Å². The summed E-state index contributed by atoms with van der Waals surface area (Å²) in [5.41, 5.74) is 1.18. The molecule has 0 spiro atoms. The van der Waals surface area contributed by atoms with E-state index >= 15 is 0 Å². The predicted octanol–water partition coefficient (Wildman–Crippen LogP) is 4.58. The molecule has 1 aliphatic heterocycles. The summed E-state index contributed by atoms with van der Waals surface area (Å²) in [6.07, 6.45) is 2.82. The highest BCUT2D eigenvalue weighted by molar-refractivity contribution is 5.35. The molecule has 158 valence electrons. The first-order valence-electron chi connectivity index (χ1n) is 11.0. The molecule has 0 radical (unpaired) electrons. The summed E-state index contributed by atoms with van der Waals surface area (Å²) in [6.45, 7) is 9.11. The van der Waals surface area contributed by atoms with E-state index in [1.165, 1.54) is 5.56 Å². The highest BCUT2D eigenvalue weighted by Gasteiger charge is 2.39. The molecule has 4 nitrogen and oxygen atoms in total. The second-order valence-corrected chi connectivity index (χ2v) is 7.88. The molecule has 0 aliphatic carbocycles. The second kappa shape index (κ2) is 10.8. The molecule has 0 saturated carbocycles. The molecule has 2 atom stereocenters. The third-order valence-electron chi connectivity index (χ3n) is 5.98. The molecule has 29 heavy (non-hydrogen) atoms. The summed E-state index contributed by atoms with van der Waals surface area (Å²) in [5.74, 6) is 0.851. The molecule has 1 saturated heterocycles. The van der Waals surface area contributed by atoms with E-state index in [4.69, 9.17) is 9.47 Å². The van der Waals surface area contributed by atoms with Gasteiger partial charge < -0.3 is 14.6 Å². The fraction of sp³-hybridized carbons (Fsp3) is 0.520. The maximum absolute atomic E-state index is 11.9. The smallest absolute Gasteiger partial charge is 0.119 e. The van der Waals surface area contributed by atoms with Crippen molar-refractivity contribution in [3.8, 4) is 5.75 Å². The number of ether oxygens (including phenoxy) is 2. The van der Waals surface area contributed by atoms with Crippen LogP contribution in [0.4, 0.5) is 0 Å². The molecule has 0 unspecified atom stereocenters. The Labute approximate surface area is 175 Å². The lowest BCUT2D eigenvalue weighted by Crippen LogP contribution is -2.44. The van der Waals surface area contributed by atoms with Crippen LogP contribution in [0.5, 0.6) is 5.75 Å². The number of nitrogens with zero attached hydrogens (tertiary/aromatic N) is 1. The first kappa shape index (κ1) is 21.8.